The van der Waals surface area contributed by atoms with Crippen LogP contribution in [0.5, 0.6) is 5.75 Å². The van der Waals surface area contributed by atoms with E-state index in [1.54, 1.807) is 0 Å². The van der Waals surface area contributed by atoms with E-state index in [0.29, 0.717) is 0 Å². The molecule has 1 aromatic rings. The fourth-order valence-corrected chi connectivity index (χ4v) is 2.65. The molecule has 1 N–H and O–H groups in total. The number of benzene rings is 1. The fraction of sp³-hybridized carbons (Fsp3) is 0.647. The van der Waals surface area contributed by atoms with Crippen LogP contribution in [-0.4, -0.2) is 44.2 Å². The Balaban J connectivity index is 1.70. The van der Waals surface area contributed by atoms with E-state index in [1.165, 1.54) is 38.0 Å². The van der Waals surface area contributed by atoms with Crippen molar-refractivity contribution in [2.45, 2.75) is 32.6 Å². The lowest BCUT2D eigenvalue weighted by Crippen LogP contribution is -2.43. The number of piperazine rings is 1. The van der Waals surface area contributed by atoms with Gasteiger partial charge in [0.2, 0.25) is 0 Å². The van der Waals surface area contributed by atoms with Crippen molar-refractivity contribution in [3.8, 4) is 5.75 Å². The predicted molar refractivity (Wildman–Crippen MR) is 84.5 cm³/mol. The Hall–Kier alpha value is -1.06. The van der Waals surface area contributed by atoms with Crippen molar-refractivity contribution in [2.75, 3.05) is 39.3 Å². The molecule has 0 amide bonds. The van der Waals surface area contributed by atoms with Crippen LogP contribution in [-0.2, 0) is 6.42 Å². The Labute approximate surface area is 123 Å². The van der Waals surface area contributed by atoms with E-state index >= 15 is 0 Å². The minimum absolute atomic E-state index is 0.817. The van der Waals surface area contributed by atoms with Gasteiger partial charge in [0, 0.05) is 26.2 Å². The molecule has 0 aliphatic carbocycles. The maximum atomic E-state index is 5.81. The molecule has 112 valence electrons. The second-order valence-corrected chi connectivity index (χ2v) is 5.50. The van der Waals surface area contributed by atoms with E-state index < -0.39 is 0 Å². The van der Waals surface area contributed by atoms with E-state index in [-0.39, 0.29) is 0 Å². The maximum Gasteiger partial charge on any atom is 0.122 e. The van der Waals surface area contributed by atoms with Gasteiger partial charge in [0.15, 0.2) is 0 Å². The third-order valence-corrected chi connectivity index (χ3v) is 3.81. The van der Waals surface area contributed by atoms with Crippen LogP contribution in [0, 0.1) is 0 Å². The summed E-state index contributed by atoms with van der Waals surface area (Å²) in [6.45, 7) is 8.90. The van der Waals surface area contributed by atoms with Crippen LogP contribution in [0.4, 0.5) is 0 Å². The first kappa shape index (κ1) is 15.3. The van der Waals surface area contributed by atoms with E-state index in [4.69, 9.17) is 4.74 Å². The summed E-state index contributed by atoms with van der Waals surface area (Å²) in [6.07, 6.45) is 4.72. The van der Waals surface area contributed by atoms with Crippen LogP contribution < -0.4 is 10.1 Å². The lowest BCUT2D eigenvalue weighted by Gasteiger charge is -2.27. The van der Waals surface area contributed by atoms with Crippen molar-refractivity contribution in [1.29, 1.82) is 0 Å². The zero-order chi connectivity index (χ0) is 14.0. The number of rotatable bonds is 8. The Bertz CT molecular complexity index is 375. The summed E-state index contributed by atoms with van der Waals surface area (Å²) in [5, 5.41) is 3.40. The quantitative estimate of drug-likeness (QED) is 0.739. The molecule has 2 rings (SSSR count). The average Bonchev–Trinajstić information content (AvgIpc) is 2.51. The summed E-state index contributed by atoms with van der Waals surface area (Å²) in [5.74, 6) is 1.08. The van der Waals surface area contributed by atoms with Gasteiger partial charge in [-0.25, -0.2) is 0 Å². The van der Waals surface area contributed by atoms with Gasteiger partial charge in [0.25, 0.3) is 0 Å². The molecule has 1 aliphatic heterocycles. The topological polar surface area (TPSA) is 24.5 Å². The smallest absolute Gasteiger partial charge is 0.122 e. The van der Waals surface area contributed by atoms with E-state index in [2.05, 4.69) is 41.4 Å². The molecular formula is C17H28N2O. The molecule has 1 aliphatic rings. The van der Waals surface area contributed by atoms with Crippen LogP contribution in [0.1, 0.15) is 31.7 Å². The zero-order valence-electron chi connectivity index (χ0n) is 12.7. The third-order valence-electron chi connectivity index (χ3n) is 3.81. The molecule has 1 fully saturated rings. The average molecular weight is 276 g/mol. The van der Waals surface area contributed by atoms with Gasteiger partial charge in [-0.15, -0.1) is 0 Å². The van der Waals surface area contributed by atoms with E-state index in [9.17, 15) is 0 Å². The van der Waals surface area contributed by atoms with Crippen molar-refractivity contribution in [2.24, 2.45) is 0 Å². The largest absolute Gasteiger partial charge is 0.493 e. The number of ether oxygens (including phenoxy) is 1. The van der Waals surface area contributed by atoms with Crippen LogP contribution in [0.2, 0.25) is 0 Å². The number of hydrogen-bond donors (Lipinski definition) is 1. The van der Waals surface area contributed by atoms with Gasteiger partial charge in [-0.2, -0.15) is 0 Å². The van der Waals surface area contributed by atoms with Crippen molar-refractivity contribution in [3.05, 3.63) is 29.8 Å². The monoisotopic (exact) mass is 276 g/mol. The molecule has 3 heteroatoms. The highest BCUT2D eigenvalue weighted by Crippen LogP contribution is 2.20. The molecule has 0 atom stereocenters. The van der Waals surface area contributed by atoms with Crippen LogP contribution >= 0.6 is 0 Å². The summed E-state index contributed by atoms with van der Waals surface area (Å²) in [5.41, 5.74) is 1.36. The standard InChI is InChI=1S/C17H28N2O/c1-2-15-20-17-9-4-3-7-16(17)8-5-6-12-19-13-10-18-11-14-19/h3-4,7,9,18H,2,5-6,8,10-15H2,1H3. The van der Waals surface area contributed by atoms with Gasteiger partial charge >= 0.3 is 0 Å². The molecule has 20 heavy (non-hydrogen) atoms. The maximum absolute atomic E-state index is 5.81. The Kier molecular flexibility index (Phi) is 6.89. The highest BCUT2D eigenvalue weighted by molar-refractivity contribution is 5.33. The zero-order valence-corrected chi connectivity index (χ0v) is 12.7. The second-order valence-electron chi connectivity index (χ2n) is 5.50. The van der Waals surface area contributed by atoms with Gasteiger partial charge in [-0.1, -0.05) is 25.1 Å². The van der Waals surface area contributed by atoms with Crippen molar-refractivity contribution in [1.82, 2.24) is 10.2 Å². The number of para-hydroxylation sites is 1. The van der Waals surface area contributed by atoms with E-state index in [0.717, 1.165) is 38.3 Å². The fourth-order valence-electron chi connectivity index (χ4n) is 2.65. The van der Waals surface area contributed by atoms with Crippen LogP contribution in [0.3, 0.4) is 0 Å². The molecular weight excluding hydrogens is 248 g/mol. The molecule has 0 saturated carbocycles. The van der Waals surface area contributed by atoms with Gasteiger partial charge < -0.3 is 15.0 Å². The number of nitrogens with one attached hydrogen (secondary N) is 1. The Morgan fingerprint density at radius 2 is 1.95 bits per heavy atom. The lowest BCUT2D eigenvalue weighted by atomic mass is 10.1. The minimum atomic E-state index is 0.817. The Morgan fingerprint density at radius 1 is 1.15 bits per heavy atom. The number of aryl methyl sites for hydroxylation is 1. The Morgan fingerprint density at radius 3 is 2.75 bits per heavy atom. The summed E-state index contributed by atoms with van der Waals surface area (Å²) >= 11 is 0. The first-order chi connectivity index (χ1) is 9.90. The number of unbranched alkanes of at least 4 members (excludes halogenated alkanes) is 1. The van der Waals surface area contributed by atoms with Crippen molar-refractivity contribution >= 4 is 0 Å². The molecule has 1 aromatic carbocycles. The molecule has 0 unspecified atom stereocenters. The highest BCUT2D eigenvalue weighted by atomic mass is 16.5. The molecule has 0 spiro atoms. The summed E-state index contributed by atoms with van der Waals surface area (Å²) in [7, 11) is 0. The summed E-state index contributed by atoms with van der Waals surface area (Å²) in [6, 6.07) is 8.48. The SMILES string of the molecule is CCCOc1ccccc1CCCCN1CCNCC1. The van der Waals surface area contributed by atoms with Crippen LogP contribution in [0.25, 0.3) is 0 Å². The second kappa shape index (κ2) is 8.98. The normalized spacial score (nSPS) is 16.2. The molecule has 0 radical (unpaired) electrons. The van der Waals surface area contributed by atoms with Crippen LogP contribution in [0.15, 0.2) is 24.3 Å². The van der Waals surface area contributed by atoms with E-state index in [1.807, 2.05) is 0 Å². The van der Waals surface area contributed by atoms with Gasteiger partial charge in [-0.05, 0) is 43.9 Å². The molecule has 3 nitrogen and oxygen atoms in total. The minimum Gasteiger partial charge on any atom is -0.493 e. The lowest BCUT2D eigenvalue weighted by molar-refractivity contribution is 0.236. The highest BCUT2D eigenvalue weighted by Gasteiger charge is 2.08. The molecule has 1 heterocycles. The van der Waals surface area contributed by atoms with Gasteiger partial charge in [0.1, 0.15) is 5.75 Å². The molecule has 1 saturated heterocycles. The number of nitrogens with zero attached hydrogens (tertiary/aromatic N) is 1. The summed E-state index contributed by atoms with van der Waals surface area (Å²) in [4.78, 5) is 2.57. The first-order valence-electron chi connectivity index (χ1n) is 8.04. The first-order valence-corrected chi connectivity index (χ1v) is 8.04. The van der Waals surface area contributed by atoms with Gasteiger partial charge in [0.05, 0.1) is 6.61 Å². The predicted octanol–water partition coefficient (Wildman–Crippen LogP) is 2.70. The van der Waals surface area contributed by atoms with Crippen molar-refractivity contribution < 1.29 is 4.74 Å². The molecule has 0 bridgehead atoms. The summed E-state index contributed by atoms with van der Waals surface area (Å²) < 4.78 is 5.81. The number of hydrogen-bond acceptors (Lipinski definition) is 3. The third kappa shape index (κ3) is 5.14. The molecule has 0 aromatic heterocycles. The van der Waals surface area contributed by atoms with Crippen molar-refractivity contribution in [3.63, 3.8) is 0 Å². The van der Waals surface area contributed by atoms with Gasteiger partial charge in [-0.3, -0.25) is 0 Å².